The number of carboxylic acid groups (broad SMARTS) is 1. The zero-order valence-electron chi connectivity index (χ0n) is 8.30. The van der Waals surface area contributed by atoms with Gasteiger partial charge in [0.1, 0.15) is 0 Å². The van der Waals surface area contributed by atoms with Crippen LogP contribution in [0, 0.1) is 6.92 Å². The Bertz CT molecular complexity index is 429. The molecule has 15 heavy (non-hydrogen) atoms. The highest BCUT2D eigenvalue weighted by Gasteiger charge is 2.13. The summed E-state index contributed by atoms with van der Waals surface area (Å²) >= 11 is 5.91. The summed E-state index contributed by atoms with van der Waals surface area (Å²) in [5.41, 5.74) is 0.996. The average molecular weight is 228 g/mol. The van der Waals surface area contributed by atoms with Gasteiger partial charge in [-0.2, -0.15) is 0 Å². The lowest BCUT2D eigenvalue weighted by molar-refractivity contribution is -0.114. The van der Waals surface area contributed by atoms with Gasteiger partial charge in [0, 0.05) is 6.92 Å². The van der Waals surface area contributed by atoms with E-state index < -0.39 is 5.97 Å². The summed E-state index contributed by atoms with van der Waals surface area (Å²) in [6, 6.07) is 2.88. The minimum atomic E-state index is -1.04. The number of aromatic carboxylic acids is 1. The first-order valence-electron chi connectivity index (χ1n) is 4.23. The van der Waals surface area contributed by atoms with E-state index in [2.05, 4.69) is 5.32 Å². The second-order valence-corrected chi connectivity index (χ2v) is 3.46. The molecular weight excluding hydrogens is 218 g/mol. The van der Waals surface area contributed by atoms with Gasteiger partial charge in [0.15, 0.2) is 0 Å². The van der Waals surface area contributed by atoms with E-state index in [0.717, 1.165) is 0 Å². The largest absolute Gasteiger partial charge is 0.478 e. The van der Waals surface area contributed by atoms with Crippen LogP contribution < -0.4 is 5.32 Å². The number of hydrogen-bond acceptors (Lipinski definition) is 2. The number of anilines is 1. The Kier molecular flexibility index (Phi) is 3.31. The molecule has 1 rings (SSSR count). The molecule has 0 bridgehead atoms. The molecule has 0 aliphatic carbocycles. The smallest absolute Gasteiger partial charge is 0.336 e. The van der Waals surface area contributed by atoms with Crippen molar-refractivity contribution in [1.82, 2.24) is 0 Å². The van der Waals surface area contributed by atoms with Gasteiger partial charge >= 0.3 is 5.97 Å². The van der Waals surface area contributed by atoms with Crippen LogP contribution in [-0.4, -0.2) is 17.0 Å². The Balaban J connectivity index is 3.21. The van der Waals surface area contributed by atoms with E-state index in [0.29, 0.717) is 11.3 Å². The third-order valence-electron chi connectivity index (χ3n) is 1.93. The van der Waals surface area contributed by atoms with E-state index in [4.69, 9.17) is 16.7 Å². The normalized spacial score (nSPS) is 9.80. The van der Waals surface area contributed by atoms with Gasteiger partial charge in [0.2, 0.25) is 5.91 Å². The molecule has 0 atom stereocenters. The second kappa shape index (κ2) is 4.31. The highest BCUT2D eigenvalue weighted by atomic mass is 35.5. The lowest BCUT2D eigenvalue weighted by atomic mass is 10.1. The van der Waals surface area contributed by atoms with E-state index in [9.17, 15) is 9.59 Å². The molecule has 0 radical (unpaired) electrons. The van der Waals surface area contributed by atoms with Crippen LogP contribution in [0.3, 0.4) is 0 Å². The molecule has 0 heterocycles. The van der Waals surface area contributed by atoms with E-state index in [1.807, 2.05) is 0 Å². The maximum atomic E-state index is 10.8. The number of carboxylic acids is 1. The highest BCUT2D eigenvalue weighted by molar-refractivity contribution is 6.35. The first-order valence-corrected chi connectivity index (χ1v) is 4.61. The van der Waals surface area contributed by atoms with Gasteiger partial charge in [0.05, 0.1) is 16.3 Å². The first-order chi connectivity index (χ1) is 6.93. The zero-order valence-corrected chi connectivity index (χ0v) is 9.05. The van der Waals surface area contributed by atoms with Crippen molar-refractivity contribution < 1.29 is 14.7 Å². The predicted molar refractivity (Wildman–Crippen MR) is 57.5 cm³/mol. The van der Waals surface area contributed by atoms with E-state index in [1.54, 1.807) is 6.92 Å². The van der Waals surface area contributed by atoms with Crippen molar-refractivity contribution in [2.45, 2.75) is 13.8 Å². The number of carbonyl (C=O) groups is 2. The summed E-state index contributed by atoms with van der Waals surface area (Å²) in [4.78, 5) is 21.6. The van der Waals surface area contributed by atoms with Crippen molar-refractivity contribution >= 4 is 29.2 Å². The number of amides is 1. The summed E-state index contributed by atoms with van der Waals surface area (Å²) in [5, 5.41) is 11.6. The van der Waals surface area contributed by atoms with Gasteiger partial charge in [-0.3, -0.25) is 4.79 Å². The van der Waals surface area contributed by atoms with Crippen molar-refractivity contribution in [2.24, 2.45) is 0 Å². The number of benzene rings is 1. The molecule has 0 spiro atoms. The van der Waals surface area contributed by atoms with Crippen LogP contribution in [0.15, 0.2) is 12.1 Å². The molecule has 0 aliphatic heterocycles. The Morgan fingerprint density at radius 1 is 1.40 bits per heavy atom. The molecule has 2 N–H and O–H groups in total. The maximum absolute atomic E-state index is 10.8. The summed E-state index contributed by atoms with van der Waals surface area (Å²) in [5.74, 6) is -1.29. The third kappa shape index (κ3) is 2.47. The van der Waals surface area contributed by atoms with Crippen molar-refractivity contribution in [1.29, 1.82) is 0 Å². The molecular formula is C10H10ClNO3. The van der Waals surface area contributed by atoms with Crippen LogP contribution in [0.1, 0.15) is 22.8 Å². The molecule has 1 aromatic carbocycles. The van der Waals surface area contributed by atoms with Gasteiger partial charge in [0.25, 0.3) is 0 Å². The number of hydrogen-bond donors (Lipinski definition) is 2. The third-order valence-corrected chi connectivity index (χ3v) is 2.41. The first kappa shape index (κ1) is 11.5. The molecule has 0 unspecified atom stereocenters. The Morgan fingerprint density at radius 2 is 2.00 bits per heavy atom. The number of rotatable bonds is 2. The minimum absolute atomic E-state index is 0.133. The number of carbonyl (C=O) groups excluding carboxylic acids is 1. The lowest BCUT2D eigenvalue weighted by Crippen LogP contribution is -2.08. The summed E-state index contributed by atoms with van der Waals surface area (Å²) < 4.78 is 0. The topological polar surface area (TPSA) is 66.4 Å². The molecule has 1 amide bonds. The van der Waals surface area contributed by atoms with Crippen LogP contribution >= 0.6 is 11.6 Å². The molecule has 0 aromatic heterocycles. The molecule has 0 aliphatic rings. The molecule has 0 fully saturated rings. The fraction of sp³-hybridized carbons (Fsp3) is 0.200. The zero-order chi connectivity index (χ0) is 11.6. The van der Waals surface area contributed by atoms with Crippen molar-refractivity contribution in [3.63, 3.8) is 0 Å². The fourth-order valence-corrected chi connectivity index (χ4v) is 1.41. The van der Waals surface area contributed by atoms with Crippen molar-refractivity contribution in [2.75, 3.05) is 5.32 Å². The molecule has 4 nitrogen and oxygen atoms in total. The van der Waals surface area contributed by atoms with E-state index >= 15 is 0 Å². The lowest BCUT2D eigenvalue weighted by Gasteiger charge is -2.09. The van der Waals surface area contributed by atoms with Crippen LogP contribution in [0.2, 0.25) is 5.02 Å². The fourth-order valence-electron chi connectivity index (χ4n) is 1.20. The quantitative estimate of drug-likeness (QED) is 0.815. The van der Waals surface area contributed by atoms with Gasteiger partial charge in [-0.25, -0.2) is 4.79 Å². The highest BCUT2D eigenvalue weighted by Crippen LogP contribution is 2.28. The van der Waals surface area contributed by atoms with Gasteiger partial charge < -0.3 is 10.4 Å². The monoisotopic (exact) mass is 227 g/mol. The number of halogens is 1. The SMILES string of the molecule is CC(=O)Nc1ccc(C(=O)O)c(C)c1Cl. The van der Waals surface area contributed by atoms with E-state index in [-0.39, 0.29) is 16.5 Å². The summed E-state index contributed by atoms with van der Waals surface area (Å²) in [7, 11) is 0. The van der Waals surface area contributed by atoms with Gasteiger partial charge in [-0.05, 0) is 24.6 Å². The summed E-state index contributed by atoms with van der Waals surface area (Å²) in [6.07, 6.45) is 0. The molecule has 0 saturated carbocycles. The van der Waals surface area contributed by atoms with Crippen molar-refractivity contribution in [3.8, 4) is 0 Å². The maximum Gasteiger partial charge on any atom is 0.336 e. The molecule has 80 valence electrons. The minimum Gasteiger partial charge on any atom is -0.478 e. The van der Waals surface area contributed by atoms with Crippen LogP contribution in [-0.2, 0) is 4.79 Å². The average Bonchev–Trinajstić information content (AvgIpc) is 2.12. The Labute approximate surface area is 91.9 Å². The molecule has 5 heteroatoms. The van der Waals surface area contributed by atoms with Gasteiger partial charge in [-0.1, -0.05) is 11.6 Å². The van der Waals surface area contributed by atoms with Crippen molar-refractivity contribution in [3.05, 3.63) is 28.3 Å². The Hall–Kier alpha value is -1.55. The van der Waals surface area contributed by atoms with Crippen LogP contribution in [0.4, 0.5) is 5.69 Å². The van der Waals surface area contributed by atoms with Gasteiger partial charge in [-0.15, -0.1) is 0 Å². The second-order valence-electron chi connectivity index (χ2n) is 3.09. The Morgan fingerprint density at radius 3 is 2.47 bits per heavy atom. The predicted octanol–water partition coefficient (Wildman–Crippen LogP) is 2.31. The van der Waals surface area contributed by atoms with E-state index in [1.165, 1.54) is 19.1 Å². The molecule has 0 saturated heterocycles. The molecule has 1 aromatic rings. The van der Waals surface area contributed by atoms with Crippen LogP contribution in [0.25, 0.3) is 0 Å². The summed E-state index contributed by atoms with van der Waals surface area (Å²) in [6.45, 7) is 2.95. The van der Waals surface area contributed by atoms with Crippen LogP contribution in [0.5, 0.6) is 0 Å². The standard InChI is InChI=1S/C10H10ClNO3/c1-5-7(10(14)15)3-4-8(9(5)11)12-6(2)13/h3-4H,1-2H3,(H,12,13)(H,14,15). The number of nitrogens with one attached hydrogen (secondary N) is 1.